The van der Waals surface area contributed by atoms with Crippen LogP contribution in [0.1, 0.15) is 10.4 Å². The zero-order valence-corrected chi connectivity index (χ0v) is 12.9. The highest BCUT2D eigenvalue weighted by Crippen LogP contribution is 2.29. The Kier molecular flexibility index (Phi) is 5.31. The normalized spacial score (nSPS) is 10.1. The van der Waals surface area contributed by atoms with Crippen molar-refractivity contribution < 1.29 is 28.3 Å². The largest absolute Gasteiger partial charge is 0.497 e. The zero-order chi connectivity index (χ0) is 17.7. The number of halogens is 1. The first-order valence-corrected chi connectivity index (χ1v) is 6.78. The van der Waals surface area contributed by atoms with Crippen LogP contribution in [0.15, 0.2) is 36.4 Å². The van der Waals surface area contributed by atoms with Gasteiger partial charge in [0.25, 0.3) is 0 Å². The van der Waals surface area contributed by atoms with E-state index in [0.717, 1.165) is 18.2 Å². The highest BCUT2D eigenvalue weighted by Gasteiger charge is 2.19. The number of rotatable bonds is 7. The molecule has 126 valence electrons. The summed E-state index contributed by atoms with van der Waals surface area (Å²) in [4.78, 5) is 22.4. The van der Waals surface area contributed by atoms with Crippen molar-refractivity contribution in [3.05, 3.63) is 57.9 Å². The number of benzene rings is 2. The van der Waals surface area contributed by atoms with E-state index in [-0.39, 0.29) is 17.1 Å². The Morgan fingerprint density at radius 1 is 1.12 bits per heavy atom. The molecule has 0 aliphatic rings. The van der Waals surface area contributed by atoms with Gasteiger partial charge in [0.05, 0.1) is 24.7 Å². The molecule has 0 spiro atoms. The fraction of sp³-hybridized carbons (Fsp3) is 0.188. The van der Waals surface area contributed by atoms with Gasteiger partial charge in [0.1, 0.15) is 17.3 Å². The molecule has 0 saturated carbocycles. The van der Waals surface area contributed by atoms with Crippen LogP contribution < -0.4 is 14.2 Å². The SMILES string of the molecule is COc1ccc(C(=O)COc2cc(F)ccc2[N+](=O)[O-])c(OC)c1. The summed E-state index contributed by atoms with van der Waals surface area (Å²) in [7, 11) is 2.87. The Bertz CT molecular complexity index is 777. The van der Waals surface area contributed by atoms with E-state index < -0.39 is 28.8 Å². The van der Waals surface area contributed by atoms with E-state index in [0.29, 0.717) is 5.75 Å². The van der Waals surface area contributed by atoms with Gasteiger partial charge in [-0.1, -0.05) is 0 Å². The standard InChI is InChI=1S/C16H14FNO6/c1-22-11-4-5-12(15(8-11)23-2)14(19)9-24-16-7-10(17)3-6-13(16)18(20)21/h3-8H,9H2,1-2H3. The van der Waals surface area contributed by atoms with Crippen LogP contribution in [0.3, 0.4) is 0 Å². The molecule has 0 heterocycles. The van der Waals surface area contributed by atoms with Crippen LogP contribution in [0, 0.1) is 15.9 Å². The third-order valence-electron chi connectivity index (χ3n) is 3.19. The van der Waals surface area contributed by atoms with E-state index in [1.54, 1.807) is 6.07 Å². The number of carbonyl (C=O) groups is 1. The van der Waals surface area contributed by atoms with Crippen molar-refractivity contribution in [3.8, 4) is 17.2 Å². The van der Waals surface area contributed by atoms with Crippen molar-refractivity contribution in [1.82, 2.24) is 0 Å². The Hall–Kier alpha value is -3.16. The average molecular weight is 335 g/mol. The maximum absolute atomic E-state index is 13.2. The molecule has 0 aliphatic carbocycles. The molecule has 0 bridgehead atoms. The molecule has 7 nitrogen and oxygen atoms in total. The smallest absolute Gasteiger partial charge is 0.311 e. The molecule has 0 radical (unpaired) electrons. The number of nitrogens with zero attached hydrogens (tertiary/aromatic N) is 1. The number of ketones is 1. The minimum absolute atomic E-state index is 0.220. The van der Waals surface area contributed by atoms with Gasteiger partial charge in [-0.2, -0.15) is 0 Å². The lowest BCUT2D eigenvalue weighted by molar-refractivity contribution is -0.385. The summed E-state index contributed by atoms with van der Waals surface area (Å²) in [6, 6.07) is 7.36. The molecule has 2 aromatic rings. The van der Waals surface area contributed by atoms with Crippen molar-refractivity contribution in [2.75, 3.05) is 20.8 Å². The maximum Gasteiger partial charge on any atom is 0.311 e. The third kappa shape index (κ3) is 3.78. The zero-order valence-electron chi connectivity index (χ0n) is 12.9. The minimum atomic E-state index is -0.715. The first kappa shape index (κ1) is 17.2. The summed E-state index contributed by atoms with van der Waals surface area (Å²) in [6.45, 7) is -0.507. The first-order chi connectivity index (χ1) is 11.5. The maximum atomic E-state index is 13.2. The van der Waals surface area contributed by atoms with Gasteiger partial charge in [0.2, 0.25) is 5.78 Å². The quantitative estimate of drug-likeness (QED) is 0.439. The number of Topliss-reactive ketones (excluding diaryl/α,β-unsaturated/α-hetero) is 1. The second-order valence-corrected chi connectivity index (χ2v) is 4.65. The van der Waals surface area contributed by atoms with E-state index in [1.807, 2.05) is 0 Å². The van der Waals surface area contributed by atoms with Crippen LogP contribution in [0.5, 0.6) is 17.2 Å². The highest BCUT2D eigenvalue weighted by molar-refractivity contribution is 6.00. The molecule has 2 aromatic carbocycles. The molecule has 0 saturated heterocycles. The number of methoxy groups -OCH3 is 2. The molecule has 0 aliphatic heterocycles. The molecule has 0 unspecified atom stereocenters. The van der Waals surface area contributed by atoms with Gasteiger partial charge in [-0.15, -0.1) is 0 Å². The highest BCUT2D eigenvalue weighted by atomic mass is 19.1. The number of hydrogen-bond acceptors (Lipinski definition) is 6. The molecule has 2 rings (SSSR count). The Balaban J connectivity index is 2.20. The monoisotopic (exact) mass is 335 g/mol. The Labute approximate surface area is 136 Å². The molecule has 0 fully saturated rings. The molecule has 8 heteroatoms. The lowest BCUT2D eigenvalue weighted by Gasteiger charge is -2.10. The van der Waals surface area contributed by atoms with Gasteiger partial charge in [-0.05, 0) is 18.2 Å². The molecule has 0 aromatic heterocycles. The summed E-state index contributed by atoms with van der Waals surface area (Å²) in [5, 5.41) is 10.9. The number of ether oxygens (including phenoxy) is 3. The van der Waals surface area contributed by atoms with Gasteiger partial charge in [0, 0.05) is 18.2 Å². The lowest BCUT2D eigenvalue weighted by Crippen LogP contribution is -2.13. The number of hydrogen-bond donors (Lipinski definition) is 0. The van der Waals surface area contributed by atoms with Gasteiger partial charge < -0.3 is 14.2 Å². The van der Waals surface area contributed by atoms with E-state index in [4.69, 9.17) is 14.2 Å². The van der Waals surface area contributed by atoms with Crippen molar-refractivity contribution in [2.45, 2.75) is 0 Å². The van der Waals surface area contributed by atoms with Crippen molar-refractivity contribution >= 4 is 11.5 Å². The van der Waals surface area contributed by atoms with Gasteiger partial charge in [-0.25, -0.2) is 4.39 Å². The lowest BCUT2D eigenvalue weighted by atomic mass is 10.1. The molecule has 0 atom stereocenters. The molecular formula is C16H14FNO6. The summed E-state index contributed by atoms with van der Waals surface area (Å²) in [6.07, 6.45) is 0. The van der Waals surface area contributed by atoms with Crippen LogP contribution >= 0.6 is 0 Å². The number of nitro groups is 1. The fourth-order valence-corrected chi connectivity index (χ4v) is 2.00. The summed E-state index contributed by atoms with van der Waals surface area (Å²) >= 11 is 0. The van der Waals surface area contributed by atoms with Crippen LogP contribution in [0.2, 0.25) is 0 Å². The van der Waals surface area contributed by atoms with Crippen LogP contribution in [0.25, 0.3) is 0 Å². The van der Waals surface area contributed by atoms with Gasteiger partial charge in [-0.3, -0.25) is 14.9 Å². The average Bonchev–Trinajstić information content (AvgIpc) is 2.58. The fourth-order valence-electron chi connectivity index (χ4n) is 2.00. The van der Waals surface area contributed by atoms with Crippen molar-refractivity contribution in [3.63, 3.8) is 0 Å². The van der Waals surface area contributed by atoms with E-state index in [1.165, 1.54) is 26.4 Å². The van der Waals surface area contributed by atoms with E-state index >= 15 is 0 Å². The molecule has 24 heavy (non-hydrogen) atoms. The van der Waals surface area contributed by atoms with E-state index in [2.05, 4.69) is 0 Å². The first-order valence-electron chi connectivity index (χ1n) is 6.78. The number of carbonyl (C=O) groups excluding carboxylic acids is 1. The predicted molar refractivity (Wildman–Crippen MR) is 82.4 cm³/mol. The van der Waals surface area contributed by atoms with Crippen LogP contribution in [0.4, 0.5) is 10.1 Å². The molecule has 0 amide bonds. The summed E-state index contributed by atoms with van der Waals surface area (Å²) in [5.41, 5.74) is -0.205. The Morgan fingerprint density at radius 2 is 1.88 bits per heavy atom. The Morgan fingerprint density at radius 3 is 2.50 bits per heavy atom. The van der Waals surface area contributed by atoms with Crippen molar-refractivity contribution in [2.24, 2.45) is 0 Å². The van der Waals surface area contributed by atoms with Gasteiger partial charge in [0.15, 0.2) is 12.4 Å². The summed E-state index contributed by atoms with van der Waals surface area (Å²) < 4.78 is 28.5. The van der Waals surface area contributed by atoms with Crippen LogP contribution in [-0.4, -0.2) is 31.5 Å². The minimum Gasteiger partial charge on any atom is -0.497 e. The molecular weight excluding hydrogens is 321 g/mol. The second kappa shape index (κ2) is 7.40. The van der Waals surface area contributed by atoms with Gasteiger partial charge >= 0.3 is 5.69 Å². The number of nitro benzene ring substituents is 1. The van der Waals surface area contributed by atoms with Crippen LogP contribution in [-0.2, 0) is 0 Å². The topological polar surface area (TPSA) is 87.9 Å². The third-order valence-corrected chi connectivity index (χ3v) is 3.19. The molecule has 0 N–H and O–H groups in total. The summed E-state index contributed by atoms with van der Waals surface area (Å²) in [5.74, 6) is -0.722. The van der Waals surface area contributed by atoms with E-state index in [9.17, 15) is 19.3 Å². The second-order valence-electron chi connectivity index (χ2n) is 4.65. The van der Waals surface area contributed by atoms with Crippen molar-refractivity contribution in [1.29, 1.82) is 0 Å². The predicted octanol–water partition coefficient (Wildman–Crippen LogP) is 3.01.